The molecule has 2 aromatic rings. The molecule has 11 heteroatoms. The molecule has 4 aliphatic rings. The molecule has 4 saturated carbocycles. The van der Waals surface area contributed by atoms with E-state index in [2.05, 4.69) is 31.1 Å². The van der Waals surface area contributed by atoms with Gasteiger partial charge in [0.2, 0.25) is 5.89 Å². The zero-order valence-electron chi connectivity index (χ0n) is 19.6. The van der Waals surface area contributed by atoms with Gasteiger partial charge in [0.15, 0.2) is 5.82 Å². The van der Waals surface area contributed by atoms with Gasteiger partial charge in [-0.15, -0.1) is 0 Å². The standard InChI is InChI=1S/C24H28BrF3N4O3/c1-21(2,24(26,27)28)18(32(20(33)34)16-13-15(25)5-12-29-16)22-6-9-23(10-7-22,11-8-22)19-30-17(31-35-19)14-3-4-14/h5,12-14,18H,3-4,6-11H2,1-2H3,(H,33,34). The lowest BCUT2D eigenvalue weighted by Crippen LogP contribution is -2.65. The van der Waals surface area contributed by atoms with Crippen LogP contribution in [-0.2, 0) is 5.41 Å². The van der Waals surface area contributed by atoms with E-state index in [-0.39, 0.29) is 11.2 Å². The van der Waals surface area contributed by atoms with Crippen LogP contribution < -0.4 is 4.90 Å². The van der Waals surface area contributed by atoms with Gasteiger partial charge in [0.25, 0.3) is 0 Å². The van der Waals surface area contributed by atoms with Crippen molar-refractivity contribution in [3.8, 4) is 0 Å². The van der Waals surface area contributed by atoms with Crippen LogP contribution in [-0.4, -0.2) is 38.5 Å². The highest BCUT2D eigenvalue weighted by Crippen LogP contribution is 2.63. The Morgan fingerprint density at radius 1 is 1.20 bits per heavy atom. The van der Waals surface area contributed by atoms with E-state index in [4.69, 9.17) is 4.52 Å². The minimum atomic E-state index is -4.62. The molecule has 190 valence electrons. The SMILES string of the molecule is CC(C)(C(N(C(=O)O)c1cc(Br)ccn1)C12CCC(c3nc(C4CC4)no3)(CC1)CC2)C(F)(F)F. The third-order valence-electron chi connectivity index (χ3n) is 8.56. The number of rotatable bonds is 6. The number of nitrogens with zero attached hydrogens (tertiary/aromatic N) is 4. The quantitative estimate of drug-likeness (QED) is 0.418. The molecule has 0 saturated heterocycles. The maximum atomic E-state index is 14.5. The third kappa shape index (κ3) is 4.03. The Hall–Kier alpha value is -2.17. The number of amides is 1. The highest BCUT2D eigenvalue weighted by atomic mass is 79.9. The zero-order valence-corrected chi connectivity index (χ0v) is 21.2. The number of carboxylic acid groups (broad SMARTS) is 1. The molecule has 4 aliphatic carbocycles. The molecule has 1 unspecified atom stereocenters. The van der Waals surface area contributed by atoms with Crippen molar-refractivity contribution in [1.29, 1.82) is 0 Å². The van der Waals surface area contributed by atoms with Crippen LogP contribution in [0.3, 0.4) is 0 Å². The number of carbonyl (C=O) groups is 1. The summed E-state index contributed by atoms with van der Waals surface area (Å²) in [5.41, 5.74) is -3.52. The number of hydrogen-bond acceptors (Lipinski definition) is 5. The van der Waals surface area contributed by atoms with Crippen molar-refractivity contribution in [2.75, 3.05) is 4.90 Å². The van der Waals surface area contributed by atoms with E-state index in [0.717, 1.165) is 37.4 Å². The van der Waals surface area contributed by atoms with Gasteiger partial charge in [0.05, 0.1) is 11.5 Å². The van der Waals surface area contributed by atoms with Crippen LogP contribution in [0, 0.1) is 10.8 Å². The molecule has 2 heterocycles. The molecule has 1 amide bonds. The topological polar surface area (TPSA) is 92.4 Å². The number of anilines is 1. The van der Waals surface area contributed by atoms with Gasteiger partial charge in [-0.3, -0.25) is 4.90 Å². The van der Waals surface area contributed by atoms with Crippen LogP contribution in [0.5, 0.6) is 0 Å². The summed E-state index contributed by atoms with van der Waals surface area (Å²) in [7, 11) is 0. The third-order valence-corrected chi connectivity index (χ3v) is 9.05. The molecule has 4 fully saturated rings. The molecule has 2 bridgehead atoms. The van der Waals surface area contributed by atoms with E-state index in [0.29, 0.717) is 54.8 Å². The molecule has 35 heavy (non-hydrogen) atoms. The van der Waals surface area contributed by atoms with Gasteiger partial charge in [-0.25, -0.2) is 9.78 Å². The average molecular weight is 557 g/mol. The van der Waals surface area contributed by atoms with Crippen molar-refractivity contribution in [2.45, 2.75) is 88.8 Å². The van der Waals surface area contributed by atoms with Crippen LogP contribution in [0.25, 0.3) is 0 Å². The Kier molecular flexibility index (Phi) is 5.73. The summed E-state index contributed by atoms with van der Waals surface area (Å²) in [5, 5.41) is 14.4. The van der Waals surface area contributed by atoms with E-state index in [9.17, 15) is 23.1 Å². The zero-order chi connectivity index (χ0) is 25.2. The summed E-state index contributed by atoms with van der Waals surface area (Å²) in [6.07, 6.45) is 0.516. The van der Waals surface area contributed by atoms with Crippen molar-refractivity contribution < 1.29 is 27.6 Å². The van der Waals surface area contributed by atoms with Crippen molar-refractivity contribution >= 4 is 27.8 Å². The Balaban J connectivity index is 1.53. The Labute approximate surface area is 209 Å². The maximum Gasteiger partial charge on any atom is 0.413 e. The van der Waals surface area contributed by atoms with Crippen LogP contribution in [0.1, 0.15) is 82.8 Å². The second kappa shape index (κ2) is 8.18. The first kappa shape index (κ1) is 24.5. The lowest BCUT2D eigenvalue weighted by molar-refractivity contribution is -0.233. The summed E-state index contributed by atoms with van der Waals surface area (Å²) in [4.78, 5) is 22.2. The molecule has 2 aromatic heterocycles. The van der Waals surface area contributed by atoms with E-state index in [1.807, 2.05) is 0 Å². The van der Waals surface area contributed by atoms with Crippen LogP contribution in [0.2, 0.25) is 0 Å². The van der Waals surface area contributed by atoms with Crippen molar-refractivity contribution in [2.24, 2.45) is 10.8 Å². The molecule has 1 N–H and O–H groups in total. The minimum absolute atomic E-state index is 0.0167. The van der Waals surface area contributed by atoms with Gasteiger partial charge in [0.1, 0.15) is 5.82 Å². The van der Waals surface area contributed by atoms with Crippen LogP contribution in [0.4, 0.5) is 23.8 Å². The predicted molar refractivity (Wildman–Crippen MR) is 124 cm³/mol. The van der Waals surface area contributed by atoms with E-state index >= 15 is 0 Å². The minimum Gasteiger partial charge on any atom is -0.465 e. The van der Waals surface area contributed by atoms with Gasteiger partial charge in [-0.05, 0) is 82.8 Å². The van der Waals surface area contributed by atoms with Gasteiger partial charge >= 0.3 is 12.3 Å². The molecule has 7 nitrogen and oxygen atoms in total. The van der Waals surface area contributed by atoms with Gasteiger partial charge in [-0.2, -0.15) is 18.2 Å². The predicted octanol–water partition coefficient (Wildman–Crippen LogP) is 6.84. The number of pyridine rings is 1. The first-order valence-electron chi connectivity index (χ1n) is 11.9. The van der Waals surface area contributed by atoms with Gasteiger partial charge in [-0.1, -0.05) is 21.1 Å². The highest BCUT2D eigenvalue weighted by Gasteiger charge is 2.65. The maximum absolute atomic E-state index is 14.5. The van der Waals surface area contributed by atoms with Crippen molar-refractivity contribution in [3.63, 3.8) is 0 Å². The summed E-state index contributed by atoms with van der Waals surface area (Å²) < 4.78 is 49.7. The second-order valence-electron chi connectivity index (χ2n) is 11.0. The van der Waals surface area contributed by atoms with Gasteiger partial charge < -0.3 is 9.63 Å². The second-order valence-corrected chi connectivity index (χ2v) is 11.9. The summed E-state index contributed by atoms with van der Waals surface area (Å²) in [6, 6.07) is 1.72. The fourth-order valence-corrected chi connectivity index (χ4v) is 6.61. The molecule has 1 atom stereocenters. The normalized spacial score (nSPS) is 27.6. The van der Waals surface area contributed by atoms with Crippen molar-refractivity contribution in [3.05, 3.63) is 34.5 Å². The summed E-state index contributed by atoms with van der Waals surface area (Å²) >= 11 is 3.30. The molecular weight excluding hydrogens is 529 g/mol. The fraction of sp³-hybridized carbons (Fsp3) is 0.667. The Morgan fingerprint density at radius 2 is 1.83 bits per heavy atom. The fourth-order valence-electron chi connectivity index (χ4n) is 6.29. The molecule has 6 rings (SSSR count). The number of fused-ring (bicyclic) bond motifs is 3. The number of halogens is 4. The molecular formula is C24H28BrF3N4O3. The Bertz CT molecular complexity index is 1110. The van der Waals surface area contributed by atoms with E-state index in [1.54, 1.807) is 6.07 Å². The molecule has 0 spiro atoms. The monoisotopic (exact) mass is 556 g/mol. The summed E-state index contributed by atoms with van der Waals surface area (Å²) in [5.74, 6) is 1.65. The largest absolute Gasteiger partial charge is 0.465 e. The lowest BCUT2D eigenvalue weighted by Gasteiger charge is -2.59. The first-order chi connectivity index (χ1) is 16.4. The smallest absolute Gasteiger partial charge is 0.413 e. The molecule has 0 radical (unpaired) electrons. The number of hydrogen-bond donors (Lipinski definition) is 1. The average Bonchev–Trinajstić information content (AvgIpc) is 3.53. The van der Waals surface area contributed by atoms with Crippen molar-refractivity contribution in [1.82, 2.24) is 15.1 Å². The summed E-state index contributed by atoms with van der Waals surface area (Å²) in [6.45, 7) is 2.22. The highest BCUT2D eigenvalue weighted by molar-refractivity contribution is 9.10. The van der Waals surface area contributed by atoms with E-state index in [1.165, 1.54) is 12.3 Å². The van der Waals surface area contributed by atoms with E-state index < -0.39 is 29.1 Å². The first-order valence-corrected chi connectivity index (χ1v) is 12.7. The van der Waals surface area contributed by atoms with Crippen LogP contribution >= 0.6 is 15.9 Å². The number of alkyl halides is 3. The number of aromatic nitrogens is 3. The van der Waals surface area contributed by atoms with Crippen LogP contribution in [0.15, 0.2) is 27.3 Å². The lowest BCUT2D eigenvalue weighted by atomic mass is 9.48. The molecule has 0 aliphatic heterocycles. The molecule has 0 aromatic carbocycles. The Morgan fingerprint density at radius 3 is 2.34 bits per heavy atom. The van der Waals surface area contributed by atoms with Gasteiger partial charge in [0, 0.05) is 22.0 Å².